The lowest BCUT2D eigenvalue weighted by molar-refractivity contribution is -0.135. The lowest BCUT2D eigenvalue weighted by Crippen LogP contribution is -2.37. The van der Waals surface area contributed by atoms with Crippen LogP contribution in [0.2, 0.25) is 0 Å². The van der Waals surface area contributed by atoms with Crippen molar-refractivity contribution in [3.63, 3.8) is 0 Å². The summed E-state index contributed by atoms with van der Waals surface area (Å²) in [6.07, 6.45) is 10.4. The maximum atomic E-state index is 12.2. The molecule has 0 fully saturated rings. The second-order valence-corrected chi connectivity index (χ2v) is 4.24. The summed E-state index contributed by atoms with van der Waals surface area (Å²) in [7, 11) is 0. The molecule has 0 aromatic carbocycles. The third-order valence-electron chi connectivity index (χ3n) is 2.71. The van der Waals surface area contributed by atoms with Gasteiger partial charge in [-0.1, -0.05) is 39.5 Å². The van der Waals surface area contributed by atoms with Crippen LogP contribution in [0.3, 0.4) is 0 Å². The van der Waals surface area contributed by atoms with Crippen LogP contribution in [0.1, 0.15) is 52.9 Å². The second-order valence-electron chi connectivity index (χ2n) is 4.24. The van der Waals surface area contributed by atoms with E-state index in [0.717, 1.165) is 38.6 Å². The number of carbonyl (C=O) groups is 1. The van der Waals surface area contributed by atoms with Crippen molar-refractivity contribution >= 4 is 5.91 Å². The molecule has 1 amide bonds. The quantitative estimate of drug-likeness (QED) is 0.579. The SMILES string of the molecule is C#CCN(CCC)C(=O)C(CCC)CCC. The summed E-state index contributed by atoms with van der Waals surface area (Å²) < 4.78 is 0. The summed E-state index contributed by atoms with van der Waals surface area (Å²) in [5.41, 5.74) is 0. The number of amides is 1. The Bertz CT molecular complexity index is 223. The molecule has 2 nitrogen and oxygen atoms in total. The first-order chi connectivity index (χ1) is 7.71. The van der Waals surface area contributed by atoms with Gasteiger partial charge >= 0.3 is 0 Å². The lowest BCUT2D eigenvalue weighted by Gasteiger charge is -2.25. The smallest absolute Gasteiger partial charge is 0.226 e. The molecule has 0 N–H and O–H groups in total. The molecular formula is C14H25NO. The molecule has 0 spiro atoms. The Morgan fingerprint density at radius 1 is 1.19 bits per heavy atom. The number of terminal acetylenes is 1. The minimum absolute atomic E-state index is 0.176. The average molecular weight is 223 g/mol. The van der Waals surface area contributed by atoms with Crippen molar-refractivity contribution in [2.45, 2.75) is 52.9 Å². The van der Waals surface area contributed by atoms with Crippen molar-refractivity contribution in [1.82, 2.24) is 4.90 Å². The van der Waals surface area contributed by atoms with Gasteiger partial charge in [-0.2, -0.15) is 0 Å². The van der Waals surface area contributed by atoms with Crippen LogP contribution < -0.4 is 0 Å². The third kappa shape index (κ3) is 5.21. The predicted molar refractivity (Wildman–Crippen MR) is 69.0 cm³/mol. The van der Waals surface area contributed by atoms with Crippen LogP contribution in [-0.2, 0) is 4.79 Å². The minimum Gasteiger partial charge on any atom is -0.331 e. The van der Waals surface area contributed by atoms with Crippen molar-refractivity contribution < 1.29 is 4.79 Å². The van der Waals surface area contributed by atoms with Gasteiger partial charge in [-0.25, -0.2) is 0 Å². The standard InChI is InChI=1S/C14H25NO/c1-5-9-13(10-6-2)14(16)15(11-7-3)12-8-4/h3,13H,5-6,8-12H2,1-2,4H3. The Balaban J connectivity index is 4.46. The van der Waals surface area contributed by atoms with Gasteiger partial charge in [0.1, 0.15) is 0 Å². The number of hydrogen-bond donors (Lipinski definition) is 0. The minimum atomic E-state index is 0.176. The van der Waals surface area contributed by atoms with E-state index in [1.54, 1.807) is 0 Å². The Kier molecular flexibility index (Phi) is 8.71. The van der Waals surface area contributed by atoms with Crippen LogP contribution in [0.5, 0.6) is 0 Å². The van der Waals surface area contributed by atoms with Crippen molar-refractivity contribution in [2.75, 3.05) is 13.1 Å². The highest BCUT2D eigenvalue weighted by Crippen LogP contribution is 2.16. The monoisotopic (exact) mass is 223 g/mol. The fraction of sp³-hybridized carbons (Fsp3) is 0.786. The molecule has 0 saturated heterocycles. The van der Waals surface area contributed by atoms with Gasteiger partial charge in [0.25, 0.3) is 0 Å². The summed E-state index contributed by atoms with van der Waals surface area (Å²) >= 11 is 0. The van der Waals surface area contributed by atoms with Crippen LogP contribution in [0.4, 0.5) is 0 Å². The molecule has 92 valence electrons. The summed E-state index contributed by atoms with van der Waals surface area (Å²) in [5.74, 6) is 3.01. The van der Waals surface area contributed by atoms with Gasteiger partial charge in [-0.15, -0.1) is 6.42 Å². The van der Waals surface area contributed by atoms with E-state index in [0.29, 0.717) is 6.54 Å². The first-order valence-corrected chi connectivity index (χ1v) is 6.43. The van der Waals surface area contributed by atoms with E-state index < -0.39 is 0 Å². The number of carbonyl (C=O) groups excluding carboxylic acids is 1. The third-order valence-corrected chi connectivity index (χ3v) is 2.71. The van der Waals surface area contributed by atoms with Gasteiger partial charge in [0.15, 0.2) is 0 Å². The first kappa shape index (κ1) is 15.0. The highest BCUT2D eigenvalue weighted by atomic mass is 16.2. The first-order valence-electron chi connectivity index (χ1n) is 6.43. The predicted octanol–water partition coefficient (Wildman–Crippen LogP) is 3.07. The van der Waals surface area contributed by atoms with Crippen molar-refractivity contribution in [3.05, 3.63) is 0 Å². The molecule has 0 saturated carbocycles. The van der Waals surface area contributed by atoms with E-state index in [1.165, 1.54) is 0 Å². The van der Waals surface area contributed by atoms with Crippen molar-refractivity contribution in [2.24, 2.45) is 5.92 Å². The number of rotatable bonds is 8. The summed E-state index contributed by atoms with van der Waals surface area (Å²) in [6.45, 7) is 7.57. The van der Waals surface area contributed by atoms with E-state index in [9.17, 15) is 4.79 Å². The van der Waals surface area contributed by atoms with Crippen molar-refractivity contribution in [3.8, 4) is 12.3 Å². The molecule has 0 heterocycles. The van der Waals surface area contributed by atoms with E-state index in [4.69, 9.17) is 6.42 Å². The molecule has 0 unspecified atom stereocenters. The van der Waals surface area contributed by atoms with Crippen LogP contribution in [0, 0.1) is 18.3 Å². The van der Waals surface area contributed by atoms with Crippen molar-refractivity contribution in [1.29, 1.82) is 0 Å². The fourth-order valence-corrected chi connectivity index (χ4v) is 1.99. The molecule has 0 aromatic rings. The maximum Gasteiger partial charge on any atom is 0.226 e. The zero-order valence-corrected chi connectivity index (χ0v) is 11.0. The van der Waals surface area contributed by atoms with Gasteiger partial charge < -0.3 is 4.90 Å². The summed E-state index contributed by atoms with van der Waals surface area (Å²) in [5, 5.41) is 0. The van der Waals surface area contributed by atoms with Crippen LogP contribution >= 0.6 is 0 Å². The fourth-order valence-electron chi connectivity index (χ4n) is 1.99. The van der Waals surface area contributed by atoms with Gasteiger partial charge in [-0.3, -0.25) is 4.79 Å². The van der Waals surface area contributed by atoms with Crippen LogP contribution in [0.15, 0.2) is 0 Å². The van der Waals surface area contributed by atoms with E-state index in [2.05, 4.69) is 26.7 Å². The highest BCUT2D eigenvalue weighted by molar-refractivity contribution is 5.79. The molecule has 0 aliphatic heterocycles. The Hall–Kier alpha value is -0.970. The second kappa shape index (κ2) is 9.27. The van der Waals surface area contributed by atoms with Crippen LogP contribution in [0.25, 0.3) is 0 Å². The molecular weight excluding hydrogens is 198 g/mol. The Morgan fingerprint density at radius 3 is 2.12 bits per heavy atom. The van der Waals surface area contributed by atoms with E-state index >= 15 is 0 Å². The molecule has 0 atom stereocenters. The van der Waals surface area contributed by atoms with Gasteiger partial charge in [0.05, 0.1) is 6.54 Å². The largest absolute Gasteiger partial charge is 0.331 e. The molecule has 0 aromatic heterocycles. The normalized spacial score (nSPS) is 10.2. The van der Waals surface area contributed by atoms with E-state index in [-0.39, 0.29) is 11.8 Å². The maximum absolute atomic E-state index is 12.2. The van der Waals surface area contributed by atoms with Crippen LogP contribution in [-0.4, -0.2) is 23.9 Å². The average Bonchev–Trinajstić information content (AvgIpc) is 2.27. The molecule has 2 heteroatoms. The Morgan fingerprint density at radius 2 is 1.75 bits per heavy atom. The van der Waals surface area contributed by atoms with E-state index in [1.807, 2.05) is 4.90 Å². The summed E-state index contributed by atoms with van der Waals surface area (Å²) in [6, 6.07) is 0. The van der Waals surface area contributed by atoms with Gasteiger partial charge in [0, 0.05) is 12.5 Å². The molecule has 16 heavy (non-hydrogen) atoms. The highest BCUT2D eigenvalue weighted by Gasteiger charge is 2.21. The zero-order chi connectivity index (χ0) is 12.4. The van der Waals surface area contributed by atoms with Gasteiger partial charge in [-0.05, 0) is 19.3 Å². The summed E-state index contributed by atoms with van der Waals surface area (Å²) in [4.78, 5) is 14.1. The Labute approximate surface area is 100 Å². The molecule has 0 aliphatic carbocycles. The molecule has 0 rings (SSSR count). The molecule has 0 aliphatic rings. The molecule has 0 bridgehead atoms. The lowest BCUT2D eigenvalue weighted by atomic mass is 9.96. The zero-order valence-electron chi connectivity index (χ0n) is 11.0. The number of nitrogens with zero attached hydrogens (tertiary/aromatic N) is 1. The van der Waals surface area contributed by atoms with Gasteiger partial charge in [0.2, 0.25) is 5.91 Å². The molecule has 0 radical (unpaired) electrons. The number of hydrogen-bond acceptors (Lipinski definition) is 1. The topological polar surface area (TPSA) is 20.3 Å².